The second kappa shape index (κ2) is 5.48. The summed E-state index contributed by atoms with van der Waals surface area (Å²) in [5, 5.41) is 10.9. The number of aliphatic hydroxyl groups excluding tert-OH is 1. The molecule has 0 atom stereocenters. The fourth-order valence-corrected chi connectivity index (χ4v) is 4.88. The predicted octanol–water partition coefficient (Wildman–Crippen LogP) is 1.81. The van der Waals surface area contributed by atoms with Gasteiger partial charge in [-0.1, -0.05) is 12.8 Å². The minimum Gasteiger partial charge on any atom is -0.391 e. The van der Waals surface area contributed by atoms with E-state index in [-0.39, 0.29) is 11.5 Å². The van der Waals surface area contributed by atoms with Gasteiger partial charge in [-0.05, 0) is 24.3 Å². The predicted molar refractivity (Wildman–Crippen MR) is 67.5 cm³/mol. The lowest BCUT2D eigenvalue weighted by atomic mass is 10.2. The second-order valence-electron chi connectivity index (χ2n) is 4.18. The Morgan fingerprint density at radius 1 is 1.24 bits per heavy atom. The van der Waals surface area contributed by atoms with Crippen LogP contribution in [0.2, 0.25) is 0 Å². The SMILES string of the molecule is O=S(=O)(c1ccsc1CO)N1CCCCCC1. The Morgan fingerprint density at radius 3 is 2.47 bits per heavy atom. The highest BCUT2D eigenvalue weighted by molar-refractivity contribution is 7.89. The molecule has 0 radical (unpaired) electrons. The van der Waals surface area contributed by atoms with Crippen LogP contribution in [0, 0.1) is 0 Å². The molecule has 1 aliphatic heterocycles. The van der Waals surface area contributed by atoms with Crippen molar-refractivity contribution in [2.75, 3.05) is 13.1 Å². The largest absolute Gasteiger partial charge is 0.391 e. The Labute approximate surface area is 106 Å². The lowest BCUT2D eigenvalue weighted by molar-refractivity contribution is 0.282. The lowest BCUT2D eigenvalue weighted by Gasteiger charge is -2.19. The number of sulfonamides is 1. The Hall–Kier alpha value is -0.430. The van der Waals surface area contributed by atoms with Gasteiger partial charge in [0.15, 0.2) is 0 Å². The van der Waals surface area contributed by atoms with Gasteiger partial charge < -0.3 is 5.11 Å². The Bertz CT molecular complexity index is 459. The highest BCUT2D eigenvalue weighted by Gasteiger charge is 2.27. The van der Waals surface area contributed by atoms with Gasteiger partial charge >= 0.3 is 0 Å². The monoisotopic (exact) mass is 275 g/mol. The van der Waals surface area contributed by atoms with Gasteiger partial charge in [-0.2, -0.15) is 4.31 Å². The highest BCUT2D eigenvalue weighted by Crippen LogP contribution is 2.26. The normalized spacial score (nSPS) is 19.1. The van der Waals surface area contributed by atoms with Gasteiger partial charge in [0.2, 0.25) is 10.0 Å². The molecule has 96 valence electrons. The first-order chi connectivity index (χ1) is 8.16. The maximum Gasteiger partial charge on any atom is 0.244 e. The highest BCUT2D eigenvalue weighted by atomic mass is 32.2. The van der Waals surface area contributed by atoms with Crippen molar-refractivity contribution < 1.29 is 13.5 Å². The second-order valence-corrected chi connectivity index (χ2v) is 7.09. The van der Waals surface area contributed by atoms with Crippen LogP contribution in [-0.4, -0.2) is 30.9 Å². The summed E-state index contributed by atoms with van der Waals surface area (Å²) in [6.07, 6.45) is 4.06. The molecule has 4 nitrogen and oxygen atoms in total. The molecule has 0 saturated carbocycles. The van der Waals surface area contributed by atoms with Crippen molar-refractivity contribution in [1.29, 1.82) is 0 Å². The third-order valence-corrected chi connectivity index (χ3v) is 6.05. The summed E-state index contributed by atoms with van der Waals surface area (Å²) in [5.74, 6) is 0. The summed E-state index contributed by atoms with van der Waals surface area (Å²) in [5.41, 5.74) is 0. The maximum atomic E-state index is 12.4. The molecule has 2 rings (SSSR count). The van der Waals surface area contributed by atoms with Crippen LogP contribution < -0.4 is 0 Å². The molecule has 0 aliphatic carbocycles. The smallest absolute Gasteiger partial charge is 0.244 e. The van der Waals surface area contributed by atoms with E-state index in [0.717, 1.165) is 25.7 Å². The molecular formula is C11H17NO3S2. The quantitative estimate of drug-likeness (QED) is 0.915. The number of rotatable bonds is 3. The van der Waals surface area contributed by atoms with Crippen LogP contribution in [-0.2, 0) is 16.6 Å². The van der Waals surface area contributed by atoms with Crippen LogP contribution in [0.4, 0.5) is 0 Å². The first-order valence-corrected chi connectivity index (χ1v) is 8.15. The summed E-state index contributed by atoms with van der Waals surface area (Å²) < 4.78 is 26.4. The van der Waals surface area contributed by atoms with E-state index in [0.29, 0.717) is 18.0 Å². The van der Waals surface area contributed by atoms with Crippen LogP contribution in [0.3, 0.4) is 0 Å². The van der Waals surface area contributed by atoms with Crippen molar-refractivity contribution in [2.45, 2.75) is 37.2 Å². The average Bonchev–Trinajstić information content (AvgIpc) is 2.63. The standard InChI is InChI=1S/C11H17NO3S2/c13-9-10-11(5-8-16-10)17(14,15)12-6-3-1-2-4-7-12/h5,8,13H,1-4,6-7,9H2. The van der Waals surface area contributed by atoms with Gasteiger partial charge in [0.1, 0.15) is 0 Å². The molecule has 1 aliphatic rings. The molecule has 6 heteroatoms. The summed E-state index contributed by atoms with van der Waals surface area (Å²) in [4.78, 5) is 0.821. The minimum absolute atomic E-state index is 0.208. The van der Waals surface area contributed by atoms with E-state index in [4.69, 9.17) is 5.11 Å². The van der Waals surface area contributed by atoms with Crippen LogP contribution in [0.5, 0.6) is 0 Å². The molecule has 0 bridgehead atoms. The van der Waals surface area contributed by atoms with Gasteiger partial charge in [0, 0.05) is 18.0 Å². The summed E-state index contributed by atoms with van der Waals surface area (Å²) in [6, 6.07) is 1.59. The average molecular weight is 275 g/mol. The molecule has 0 amide bonds. The first kappa shape index (κ1) is 13.0. The number of thiophene rings is 1. The van der Waals surface area contributed by atoms with E-state index in [9.17, 15) is 8.42 Å². The molecular weight excluding hydrogens is 258 g/mol. The van der Waals surface area contributed by atoms with Gasteiger partial charge in [-0.25, -0.2) is 8.42 Å². The number of hydrogen-bond donors (Lipinski definition) is 1. The van der Waals surface area contributed by atoms with Gasteiger partial charge in [-0.15, -0.1) is 11.3 Å². The van der Waals surface area contributed by atoms with Crippen LogP contribution >= 0.6 is 11.3 Å². The molecule has 0 spiro atoms. The van der Waals surface area contributed by atoms with Crippen molar-refractivity contribution in [3.63, 3.8) is 0 Å². The summed E-state index contributed by atoms with van der Waals surface area (Å²) >= 11 is 1.29. The zero-order valence-corrected chi connectivity index (χ0v) is 11.3. The topological polar surface area (TPSA) is 57.6 Å². The molecule has 1 N–H and O–H groups in total. The zero-order chi connectivity index (χ0) is 12.3. The van der Waals surface area contributed by atoms with E-state index in [1.54, 1.807) is 15.8 Å². The first-order valence-electron chi connectivity index (χ1n) is 5.83. The molecule has 1 fully saturated rings. The molecule has 1 aromatic rings. The van der Waals surface area contributed by atoms with Crippen molar-refractivity contribution >= 4 is 21.4 Å². The fraction of sp³-hybridized carbons (Fsp3) is 0.636. The third kappa shape index (κ3) is 2.70. The Morgan fingerprint density at radius 2 is 1.88 bits per heavy atom. The zero-order valence-electron chi connectivity index (χ0n) is 9.63. The Kier molecular flexibility index (Phi) is 4.19. The summed E-state index contributed by atoms with van der Waals surface area (Å²) in [7, 11) is -3.40. The van der Waals surface area contributed by atoms with Crippen molar-refractivity contribution in [3.8, 4) is 0 Å². The molecule has 1 aromatic heterocycles. The van der Waals surface area contributed by atoms with Gasteiger partial charge in [-0.3, -0.25) is 0 Å². The van der Waals surface area contributed by atoms with E-state index in [2.05, 4.69) is 0 Å². The number of aliphatic hydroxyl groups is 1. The van der Waals surface area contributed by atoms with Crippen molar-refractivity contribution in [1.82, 2.24) is 4.31 Å². The number of hydrogen-bond acceptors (Lipinski definition) is 4. The van der Waals surface area contributed by atoms with Crippen molar-refractivity contribution in [3.05, 3.63) is 16.3 Å². The molecule has 2 heterocycles. The minimum atomic E-state index is -3.40. The van der Waals surface area contributed by atoms with Gasteiger partial charge in [0.05, 0.1) is 11.5 Å². The van der Waals surface area contributed by atoms with E-state index in [1.807, 2.05) is 0 Å². The Balaban J connectivity index is 2.28. The van der Waals surface area contributed by atoms with Crippen molar-refractivity contribution in [2.24, 2.45) is 0 Å². The third-order valence-electron chi connectivity index (χ3n) is 3.03. The molecule has 17 heavy (non-hydrogen) atoms. The number of nitrogens with zero attached hydrogens (tertiary/aromatic N) is 1. The molecule has 1 saturated heterocycles. The van der Waals surface area contributed by atoms with Gasteiger partial charge in [0.25, 0.3) is 0 Å². The lowest BCUT2D eigenvalue weighted by Crippen LogP contribution is -2.32. The summed E-state index contributed by atoms with van der Waals surface area (Å²) in [6.45, 7) is 0.992. The van der Waals surface area contributed by atoms with Crippen LogP contribution in [0.15, 0.2) is 16.3 Å². The molecule has 0 unspecified atom stereocenters. The van der Waals surface area contributed by atoms with Crippen LogP contribution in [0.25, 0.3) is 0 Å². The van der Waals surface area contributed by atoms with E-state index >= 15 is 0 Å². The van der Waals surface area contributed by atoms with E-state index < -0.39 is 10.0 Å². The van der Waals surface area contributed by atoms with E-state index in [1.165, 1.54) is 11.3 Å². The maximum absolute atomic E-state index is 12.4. The fourth-order valence-electron chi connectivity index (χ4n) is 2.10. The van der Waals surface area contributed by atoms with Crippen LogP contribution in [0.1, 0.15) is 30.6 Å². The molecule has 0 aromatic carbocycles.